The number of rotatable bonds is 6. The van der Waals surface area contributed by atoms with Gasteiger partial charge in [0.05, 0.1) is 6.10 Å². The monoisotopic (exact) mass is 270 g/mol. The van der Waals surface area contributed by atoms with Crippen molar-refractivity contribution < 1.29 is 14.6 Å². The van der Waals surface area contributed by atoms with Gasteiger partial charge in [-0.1, -0.05) is 33.8 Å². The molecule has 0 saturated carbocycles. The van der Waals surface area contributed by atoms with Crippen LogP contribution in [0.25, 0.3) is 0 Å². The summed E-state index contributed by atoms with van der Waals surface area (Å²) in [6.07, 6.45) is -0.0240. The minimum absolute atomic E-state index is 0.0566. The van der Waals surface area contributed by atoms with Crippen LogP contribution in [0.1, 0.15) is 43.8 Å². The lowest BCUT2D eigenvalue weighted by molar-refractivity contribution is -0.0312. The summed E-state index contributed by atoms with van der Waals surface area (Å²) in [5.41, 5.74) is 0. The van der Waals surface area contributed by atoms with Crippen molar-refractivity contribution in [2.24, 2.45) is 11.8 Å². The number of carbonyl (C=O) groups is 1. The summed E-state index contributed by atoms with van der Waals surface area (Å²) in [5, 5.41) is 11.8. The Hall–Kier alpha value is -0.870. The highest BCUT2D eigenvalue weighted by molar-refractivity contribution is 7.11. The van der Waals surface area contributed by atoms with Gasteiger partial charge in [-0.05, 0) is 23.8 Å². The van der Waals surface area contributed by atoms with Gasteiger partial charge in [-0.3, -0.25) is 0 Å². The third-order valence-electron chi connectivity index (χ3n) is 3.17. The van der Waals surface area contributed by atoms with Crippen LogP contribution in [0.3, 0.4) is 0 Å². The van der Waals surface area contributed by atoms with Crippen LogP contribution in [0.5, 0.6) is 0 Å². The Morgan fingerprint density at radius 3 is 2.56 bits per heavy atom. The average Bonchev–Trinajstić information content (AvgIpc) is 2.87. The zero-order valence-corrected chi connectivity index (χ0v) is 12.2. The summed E-state index contributed by atoms with van der Waals surface area (Å²) in [6.45, 7) is 7.87. The predicted molar refractivity (Wildman–Crippen MR) is 73.8 cm³/mol. The molecular formula is C14H22O3S. The maximum absolute atomic E-state index is 11.9. The van der Waals surface area contributed by atoms with E-state index in [1.807, 2.05) is 39.1 Å². The molecule has 3 atom stereocenters. The fourth-order valence-corrected chi connectivity index (χ4v) is 2.62. The molecule has 1 N–H and O–H groups in total. The summed E-state index contributed by atoms with van der Waals surface area (Å²) in [4.78, 5) is 12.6. The Labute approximate surface area is 113 Å². The average molecular weight is 270 g/mol. The number of aliphatic hydroxyl groups is 1. The second kappa shape index (κ2) is 6.90. The molecule has 0 bridgehead atoms. The van der Waals surface area contributed by atoms with Crippen molar-refractivity contribution in [2.45, 2.75) is 46.3 Å². The molecule has 0 aliphatic carbocycles. The van der Waals surface area contributed by atoms with E-state index in [0.29, 0.717) is 11.3 Å². The number of thiophene rings is 1. The van der Waals surface area contributed by atoms with Crippen LogP contribution in [0.15, 0.2) is 17.5 Å². The van der Waals surface area contributed by atoms with Crippen molar-refractivity contribution in [2.75, 3.05) is 0 Å². The smallest absolute Gasteiger partial charge is 0.348 e. The van der Waals surface area contributed by atoms with Crippen molar-refractivity contribution in [3.8, 4) is 0 Å². The minimum atomic E-state index is -0.437. The molecule has 0 spiro atoms. The molecule has 18 heavy (non-hydrogen) atoms. The maximum atomic E-state index is 11.9. The van der Waals surface area contributed by atoms with E-state index in [2.05, 4.69) is 0 Å². The van der Waals surface area contributed by atoms with Gasteiger partial charge < -0.3 is 9.84 Å². The van der Waals surface area contributed by atoms with E-state index >= 15 is 0 Å². The molecule has 3 nitrogen and oxygen atoms in total. The van der Waals surface area contributed by atoms with Gasteiger partial charge in [-0.2, -0.15) is 0 Å². The predicted octanol–water partition coefficient (Wildman–Crippen LogP) is 3.34. The summed E-state index contributed by atoms with van der Waals surface area (Å²) < 4.78 is 5.55. The molecule has 1 aromatic rings. The van der Waals surface area contributed by atoms with Gasteiger partial charge in [-0.15, -0.1) is 11.3 Å². The van der Waals surface area contributed by atoms with Crippen molar-refractivity contribution in [1.29, 1.82) is 0 Å². The number of aliphatic hydroxyl groups excluding tert-OH is 1. The molecule has 1 heterocycles. The van der Waals surface area contributed by atoms with Gasteiger partial charge in [0.2, 0.25) is 0 Å². The highest BCUT2D eigenvalue weighted by Gasteiger charge is 2.29. The lowest BCUT2D eigenvalue weighted by Crippen LogP contribution is -2.36. The highest BCUT2D eigenvalue weighted by atomic mass is 32.1. The van der Waals surface area contributed by atoms with Crippen LogP contribution in [0.4, 0.5) is 0 Å². The van der Waals surface area contributed by atoms with Crippen LogP contribution in [-0.2, 0) is 4.74 Å². The van der Waals surface area contributed by atoms with Crippen molar-refractivity contribution in [3.05, 3.63) is 22.4 Å². The summed E-state index contributed by atoms with van der Waals surface area (Å²) >= 11 is 1.37. The first-order valence-corrected chi connectivity index (χ1v) is 7.27. The molecule has 1 aromatic heterocycles. The first kappa shape index (κ1) is 15.2. The standard InChI is InChI=1S/C14H22O3S/c1-5-11(15)10(4)13(9(2)3)17-14(16)12-7-6-8-18-12/h6-11,13,15H,5H2,1-4H3/t10-,11-,13-/m0/s1. The molecule has 0 aromatic carbocycles. The Bertz CT molecular complexity index is 359. The third kappa shape index (κ3) is 3.82. The number of carbonyl (C=O) groups excluding carboxylic acids is 1. The van der Waals surface area contributed by atoms with Crippen LogP contribution in [-0.4, -0.2) is 23.3 Å². The first-order valence-electron chi connectivity index (χ1n) is 6.39. The van der Waals surface area contributed by atoms with Crippen molar-refractivity contribution >= 4 is 17.3 Å². The van der Waals surface area contributed by atoms with E-state index in [4.69, 9.17) is 4.74 Å². The van der Waals surface area contributed by atoms with E-state index in [1.54, 1.807) is 6.07 Å². The van der Waals surface area contributed by atoms with E-state index in [1.165, 1.54) is 11.3 Å². The fourth-order valence-electron chi connectivity index (χ4n) is 2.02. The Morgan fingerprint density at radius 2 is 2.11 bits per heavy atom. The normalized spacial score (nSPS) is 16.3. The molecule has 0 unspecified atom stereocenters. The largest absolute Gasteiger partial charge is 0.458 e. The lowest BCUT2D eigenvalue weighted by atomic mass is 9.89. The summed E-state index contributed by atoms with van der Waals surface area (Å²) in [6, 6.07) is 3.58. The molecule has 0 saturated heterocycles. The van der Waals surface area contributed by atoms with Gasteiger partial charge >= 0.3 is 5.97 Å². The van der Waals surface area contributed by atoms with Gasteiger partial charge in [0.25, 0.3) is 0 Å². The Balaban J connectivity index is 2.72. The molecule has 4 heteroatoms. The van der Waals surface area contributed by atoms with Crippen molar-refractivity contribution in [1.82, 2.24) is 0 Å². The van der Waals surface area contributed by atoms with Gasteiger partial charge in [0, 0.05) is 5.92 Å². The van der Waals surface area contributed by atoms with E-state index < -0.39 is 6.10 Å². The van der Waals surface area contributed by atoms with Gasteiger partial charge in [-0.25, -0.2) is 4.79 Å². The second-order valence-electron chi connectivity index (χ2n) is 4.93. The fraction of sp³-hybridized carbons (Fsp3) is 0.643. The van der Waals surface area contributed by atoms with Crippen LogP contribution in [0, 0.1) is 11.8 Å². The molecule has 0 radical (unpaired) electrons. The van der Waals surface area contributed by atoms with Crippen LogP contribution in [0.2, 0.25) is 0 Å². The summed E-state index contributed by atoms with van der Waals surface area (Å²) in [7, 11) is 0. The SMILES string of the molecule is CC[C@H](O)[C@H](C)[C@@H](OC(=O)c1cccs1)C(C)C. The van der Waals surface area contributed by atoms with Crippen LogP contribution < -0.4 is 0 Å². The number of ether oxygens (including phenoxy) is 1. The highest BCUT2D eigenvalue weighted by Crippen LogP contribution is 2.23. The minimum Gasteiger partial charge on any atom is -0.458 e. The molecule has 102 valence electrons. The van der Waals surface area contributed by atoms with Crippen LogP contribution >= 0.6 is 11.3 Å². The lowest BCUT2D eigenvalue weighted by Gasteiger charge is -2.30. The van der Waals surface area contributed by atoms with Gasteiger partial charge in [0.1, 0.15) is 11.0 Å². The van der Waals surface area contributed by atoms with Crippen molar-refractivity contribution in [3.63, 3.8) is 0 Å². The molecular weight excluding hydrogens is 248 g/mol. The molecule has 0 amide bonds. The van der Waals surface area contributed by atoms with Gasteiger partial charge in [0.15, 0.2) is 0 Å². The Morgan fingerprint density at radius 1 is 1.44 bits per heavy atom. The maximum Gasteiger partial charge on any atom is 0.348 e. The Kier molecular flexibility index (Phi) is 5.82. The molecule has 0 aliphatic rings. The second-order valence-corrected chi connectivity index (χ2v) is 5.87. The number of esters is 1. The number of hydrogen-bond donors (Lipinski definition) is 1. The molecule has 0 fully saturated rings. The first-order chi connectivity index (χ1) is 8.47. The van der Waals surface area contributed by atoms with E-state index in [-0.39, 0.29) is 23.9 Å². The molecule has 0 aliphatic heterocycles. The van der Waals surface area contributed by atoms with E-state index in [0.717, 1.165) is 0 Å². The number of hydrogen-bond acceptors (Lipinski definition) is 4. The topological polar surface area (TPSA) is 46.5 Å². The molecule has 1 rings (SSSR count). The quantitative estimate of drug-likeness (QED) is 0.806. The zero-order valence-electron chi connectivity index (χ0n) is 11.4. The van der Waals surface area contributed by atoms with E-state index in [9.17, 15) is 9.90 Å². The summed E-state index contributed by atoms with van der Waals surface area (Å²) in [5.74, 6) is -0.164. The zero-order chi connectivity index (χ0) is 13.7. The third-order valence-corrected chi connectivity index (χ3v) is 4.02.